The molecule has 0 aliphatic carbocycles. The molecular formula is C17H15ClN4O4S. The van der Waals surface area contributed by atoms with Crippen molar-refractivity contribution in [3.05, 3.63) is 64.7 Å². The van der Waals surface area contributed by atoms with Crippen LogP contribution in [0.3, 0.4) is 0 Å². The normalized spacial score (nSPS) is 17.8. The first-order valence-electron chi connectivity index (χ1n) is 7.79. The van der Waals surface area contributed by atoms with Gasteiger partial charge in [-0.15, -0.1) is 4.90 Å². The molecule has 27 heavy (non-hydrogen) atoms. The molecule has 0 fully saturated rings. The van der Waals surface area contributed by atoms with E-state index in [1.54, 1.807) is 0 Å². The minimum atomic E-state index is -5.17. The lowest BCUT2D eigenvalue weighted by atomic mass is 10.0. The molecule has 2 aromatic rings. The molecule has 0 aromatic heterocycles. The number of hydrazone groups is 1. The number of fused-ring (bicyclic) bond motifs is 3. The smallest absolute Gasteiger partial charge is 0.759 e. The minimum absolute atomic E-state index is 0. The van der Waals surface area contributed by atoms with Gasteiger partial charge in [0.1, 0.15) is 5.56 Å². The molecule has 0 amide bonds. The van der Waals surface area contributed by atoms with Crippen molar-refractivity contribution in [3.8, 4) is 0 Å². The van der Waals surface area contributed by atoms with E-state index in [1.165, 1.54) is 0 Å². The maximum atomic E-state index is 8.52. The van der Waals surface area contributed by atoms with Crippen molar-refractivity contribution in [2.45, 2.75) is 6.17 Å². The summed E-state index contributed by atoms with van der Waals surface area (Å²) in [7, 11) is -3.23. The van der Waals surface area contributed by atoms with Gasteiger partial charge in [0.15, 0.2) is 11.9 Å². The number of hydrogen-bond donors (Lipinski definition) is 0. The third-order valence-corrected chi connectivity index (χ3v) is 4.21. The minimum Gasteiger partial charge on any atom is -0.759 e. The standard InChI is InChI=1S/C17H14ClN4.H2O4S/c1-21-16-10-19-17(12-5-3-2-4-6-12)14-9-13(18)7-8-15(14)22(16)11-20-21;1-5(2,3)4/h2-9,16H,10H2,1H3;(H2,1,2,3,4)/q+1;/p-1. The predicted molar refractivity (Wildman–Crippen MR) is 101 cm³/mol. The van der Waals surface area contributed by atoms with E-state index in [0.29, 0.717) is 11.6 Å². The van der Waals surface area contributed by atoms with Gasteiger partial charge in [-0.25, -0.2) is 5.01 Å². The first kappa shape index (κ1) is 19.2. The summed E-state index contributed by atoms with van der Waals surface area (Å²) in [6.07, 6.45) is 3.12. The highest BCUT2D eigenvalue weighted by molar-refractivity contribution is 7.79. The van der Waals surface area contributed by atoms with Crippen molar-refractivity contribution in [1.82, 2.24) is 5.01 Å². The summed E-state index contributed by atoms with van der Waals surface area (Å²) in [5.74, 6) is 0. The Kier molecular flexibility index (Phi) is 5.41. The molecule has 0 saturated heterocycles. The van der Waals surface area contributed by atoms with Crippen molar-refractivity contribution in [2.75, 3.05) is 18.5 Å². The molecule has 2 aliphatic heterocycles. The lowest BCUT2D eigenvalue weighted by Crippen LogP contribution is -2.39. The van der Waals surface area contributed by atoms with Crippen molar-refractivity contribution >= 4 is 39.7 Å². The van der Waals surface area contributed by atoms with Crippen LogP contribution in [-0.2, 0) is 10.4 Å². The van der Waals surface area contributed by atoms with E-state index in [0.717, 1.165) is 22.5 Å². The van der Waals surface area contributed by atoms with Crippen LogP contribution in [0.15, 0.2) is 58.6 Å². The van der Waals surface area contributed by atoms with Gasteiger partial charge in [-0.1, -0.05) is 41.9 Å². The number of rotatable bonds is 1. The van der Waals surface area contributed by atoms with Gasteiger partial charge >= 0.3 is 7.77 Å². The third kappa shape index (κ3) is 4.60. The molecule has 0 bridgehead atoms. The Morgan fingerprint density at radius 2 is 1.89 bits per heavy atom. The Morgan fingerprint density at radius 3 is 2.56 bits per heavy atom. The summed E-state index contributed by atoms with van der Waals surface area (Å²) >= 11 is 6.23. The van der Waals surface area contributed by atoms with Crippen LogP contribution in [-0.4, -0.2) is 54.3 Å². The van der Waals surface area contributed by atoms with E-state index in [-0.39, 0.29) is 7.59 Å². The molecule has 8 nitrogen and oxygen atoms in total. The Balaban J connectivity index is 0.000000420. The summed E-state index contributed by atoms with van der Waals surface area (Å²) < 4.78 is 34.1. The molecule has 0 radical (unpaired) electrons. The van der Waals surface area contributed by atoms with Crippen LogP contribution in [0.2, 0.25) is 5.02 Å². The monoisotopic (exact) mass is 406 g/mol. The summed E-state index contributed by atoms with van der Waals surface area (Å²) in [5, 5.41) is 6.83. The molecule has 0 saturated carbocycles. The lowest BCUT2D eigenvalue weighted by Gasteiger charge is -2.17. The first-order chi connectivity index (χ1) is 12.7. The molecule has 1 unspecified atom stereocenters. The van der Waals surface area contributed by atoms with Gasteiger partial charge in [-0.3, -0.25) is 13.4 Å². The van der Waals surface area contributed by atoms with Crippen LogP contribution >= 0.6 is 11.6 Å². The van der Waals surface area contributed by atoms with Gasteiger partial charge in [0.25, 0.3) is 0 Å². The summed E-state index contributed by atoms with van der Waals surface area (Å²) in [5.41, 5.74) is 4.09. The van der Waals surface area contributed by atoms with E-state index >= 15 is 0 Å². The molecule has 4 rings (SSSR count). The van der Waals surface area contributed by atoms with E-state index in [2.05, 4.69) is 23.6 Å². The van der Waals surface area contributed by atoms with Crippen LogP contribution in [0.25, 0.3) is 0 Å². The maximum Gasteiger partial charge on any atom is 1.00 e. The molecule has 1 atom stereocenters. The SMILES string of the molecule is CN1N=[C+]N2c3ccc(Cl)cc3C(c3ccccc3)=NCC12.O=S(=O)([O-])[O-].[H+]. The Bertz CT molecular complexity index is 993. The van der Waals surface area contributed by atoms with Gasteiger partial charge < -0.3 is 9.11 Å². The topological polar surface area (TPSA) is 111 Å². The number of aliphatic imine (C=N–C) groups is 1. The van der Waals surface area contributed by atoms with Crippen molar-refractivity contribution in [1.29, 1.82) is 0 Å². The quantitative estimate of drug-likeness (QED) is 0.406. The van der Waals surface area contributed by atoms with Crippen molar-refractivity contribution < 1.29 is 18.9 Å². The second kappa shape index (κ2) is 7.59. The fourth-order valence-electron chi connectivity index (χ4n) is 2.84. The molecular weight excluding hydrogens is 392 g/mol. The first-order valence-corrected chi connectivity index (χ1v) is 9.50. The van der Waals surface area contributed by atoms with Crippen LogP contribution in [0.1, 0.15) is 12.6 Å². The van der Waals surface area contributed by atoms with Crippen LogP contribution in [0, 0.1) is 0 Å². The van der Waals surface area contributed by atoms with E-state index < -0.39 is 10.4 Å². The van der Waals surface area contributed by atoms with Gasteiger partial charge in [0.05, 0.1) is 12.3 Å². The number of benzene rings is 2. The lowest BCUT2D eigenvalue weighted by molar-refractivity contribution is 0.292. The highest BCUT2D eigenvalue weighted by atomic mass is 35.5. The average molecular weight is 407 g/mol. The predicted octanol–water partition coefficient (Wildman–Crippen LogP) is 1.86. The molecule has 0 N–H and O–H groups in total. The average Bonchev–Trinajstić information content (AvgIpc) is 2.87. The fourth-order valence-corrected chi connectivity index (χ4v) is 3.01. The number of nitrogens with zero attached hydrogens (tertiary/aromatic N) is 4. The van der Waals surface area contributed by atoms with Gasteiger partial charge in [0.2, 0.25) is 0 Å². The zero-order valence-corrected chi connectivity index (χ0v) is 15.7. The van der Waals surface area contributed by atoms with Crippen LogP contribution in [0.5, 0.6) is 0 Å². The highest BCUT2D eigenvalue weighted by Crippen LogP contribution is 2.32. The zero-order valence-electron chi connectivity index (χ0n) is 15.1. The van der Waals surface area contributed by atoms with E-state index in [1.807, 2.05) is 53.4 Å². The molecule has 2 aromatic carbocycles. The van der Waals surface area contributed by atoms with Crippen molar-refractivity contribution in [2.24, 2.45) is 10.1 Å². The summed E-state index contributed by atoms with van der Waals surface area (Å²) in [6, 6.07) is 16.1. The summed E-state index contributed by atoms with van der Waals surface area (Å²) in [4.78, 5) is 6.88. The molecule has 0 spiro atoms. The molecule has 140 valence electrons. The van der Waals surface area contributed by atoms with E-state index in [4.69, 9.17) is 34.1 Å². The third-order valence-electron chi connectivity index (χ3n) is 3.97. The number of likely N-dealkylation sites (N-methyl/N-ethyl adjacent to an activating group) is 1. The van der Waals surface area contributed by atoms with Gasteiger partial charge in [-0.05, 0) is 12.1 Å². The largest absolute Gasteiger partial charge is 1.00 e. The molecule has 10 heteroatoms. The fraction of sp³-hybridized carbons (Fsp3) is 0.176. The second-order valence-electron chi connectivity index (χ2n) is 5.75. The number of halogens is 1. The van der Waals surface area contributed by atoms with Gasteiger partial charge in [-0.2, -0.15) is 0 Å². The number of anilines is 1. The molecule has 2 heterocycles. The van der Waals surface area contributed by atoms with Crippen LogP contribution in [0.4, 0.5) is 5.69 Å². The van der Waals surface area contributed by atoms with E-state index in [9.17, 15) is 0 Å². The van der Waals surface area contributed by atoms with Crippen LogP contribution < -0.4 is 4.90 Å². The van der Waals surface area contributed by atoms with Crippen molar-refractivity contribution in [3.63, 3.8) is 0 Å². The number of hydrogen-bond acceptors (Lipinski definition) is 8. The Morgan fingerprint density at radius 1 is 1.22 bits per heavy atom. The Labute approximate surface area is 163 Å². The maximum absolute atomic E-state index is 8.52. The second-order valence-corrected chi connectivity index (χ2v) is 7.00. The zero-order chi connectivity index (χ0) is 19.6. The summed E-state index contributed by atoms with van der Waals surface area (Å²) in [6.45, 7) is 0.628. The highest BCUT2D eigenvalue weighted by Gasteiger charge is 2.41. The Hall–Kier alpha value is -2.55. The molecule has 2 aliphatic rings. The van der Waals surface area contributed by atoms with Gasteiger partial charge in [0, 0.05) is 39.2 Å².